The molecule has 2 aromatic rings. The van der Waals surface area contributed by atoms with Gasteiger partial charge in [0.05, 0.1) is 5.41 Å². The van der Waals surface area contributed by atoms with Crippen molar-refractivity contribution in [3.63, 3.8) is 0 Å². The molecule has 4 bridgehead atoms. The second-order valence-corrected chi connectivity index (χ2v) is 12.7. The van der Waals surface area contributed by atoms with Crippen molar-refractivity contribution in [2.45, 2.75) is 80.1 Å². The molecule has 0 aromatic heterocycles. The summed E-state index contributed by atoms with van der Waals surface area (Å²) in [4.78, 5) is 0. The summed E-state index contributed by atoms with van der Waals surface area (Å²) in [5, 5.41) is 7.75. The number of rotatable bonds is 1. The average molecular weight is 477 g/mol. The first kappa shape index (κ1) is 19.5. The van der Waals surface area contributed by atoms with Crippen LogP contribution in [0.2, 0.25) is 0 Å². The van der Waals surface area contributed by atoms with Crippen LogP contribution < -0.4 is 20.1 Å². The molecule has 3 unspecified atom stereocenters. The molecule has 8 aliphatic rings. The van der Waals surface area contributed by atoms with Gasteiger partial charge in [-0.2, -0.15) is 0 Å². The minimum Gasteiger partial charge on any atom is -0.489 e. The maximum Gasteiger partial charge on any atom is 0.131 e. The Hall–Kier alpha value is -2.56. The lowest BCUT2D eigenvalue weighted by molar-refractivity contribution is 0.00338. The standard InChI is InChI=1S/C32H32N2O2/c1-3-17-13-24-22-12-19(16-28-32(22,8-10-34-24)29(17)25(5-1)35-28)18-11-20-14-23-21-4-2-6-27-31(21,7-9-33-23)30(20)26(15-18)36-27/h1,3,5,11-12,15-16,21,23-24,27-28,33-34H,2,4,6-10,13-14H2/t21?,23-,24-,27?,28?,31-,32-/m1/s1. The van der Waals surface area contributed by atoms with Crippen LogP contribution in [-0.2, 0) is 23.7 Å². The molecular formula is C32H32N2O2. The van der Waals surface area contributed by atoms with E-state index in [-0.39, 0.29) is 16.9 Å². The van der Waals surface area contributed by atoms with Crippen molar-refractivity contribution in [1.29, 1.82) is 0 Å². The van der Waals surface area contributed by atoms with Crippen LogP contribution in [0.4, 0.5) is 0 Å². The molecule has 1 saturated carbocycles. The highest BCUT2D eigenvalue weighted by Gasteiger charge is 2.62. The Kier molecular flexibility index (Phi) is 3.41. The Morgan fingerprint density at radius 1 is 0.889 bits per heavy atom. The molecule has 2 spiro atoms. The third-order valence-electron chi connectivity index (χ3n) is 11.5. The Balaban J connectivity index is 1.15. The van der Waals surface area contributed by atoms with Crippen LogP contribution in [0.15, 0.2) is 48.1 Å². The van der Waals surface area contributed by atoms with E-state index < -0.39 is 0 Å². The molecule has 36 heavy (non-hydrogen) atoms. The molecule has 10 rings (SSSR count). The molecule has 2 N–H and O–H groups in total. The van der Waals surface area contributed by atoms with Crippen LogP contribution in [-0.4, -0.2) is 37.4 Å². The van der Waals surface area contributed by atoms with E-state index in [1.165, 1.54) is 53.7 Å². The summed E-state index contributed by atoms with van der Waals surface area (Å²) in [6.45, 7) is 2.20. The zero-order valence-corrected chi connectivity index (χ0v) is 20.6. The fourth-order valence-corrected chi connectivity index (χ4v) is 10.3. The minimum atomic E-state index is 0.0210. The maximum absolute atomic E-state index is 6.86. The normalized spacial score (nSPS) is 41.4. The summed E-state index contributed by atoms with van der Waals surface area (Å²) in [5.41, 5.74) is 10.6. The van der Waals surface area contributed by atoms with Crippen LogP contribution >= 0.6 is 0 Å². The molecule has 4 aliphatic carbocycles. The summed E-state index contributed by atoms with van der Waals surface area (Å²) in [5.74, 6) is 3.05. The summed E-state index contributed by atoms with van der Waals surface area (Å²) in [6, 6.07) is 12.6. The van der Waals surface area contributed by atoms with Crippen molar-refractivity contribution in [3.8, 4) is 11.5 Å². The van der Waals surface area contributed by atoms with E-state index in [0.717, 1.165) is 44.0 Å². The molecule has 4 aliphatic heterocycles. The van der Waals surface area contributed by atoms with Gasteiger partial charge >= 0.3 is 0 Å². The third-order valence-corrected chi connectivity index (χ3v) is 11.5. The number of allylic oxidation sites excluding steroid dienone is 2. The largest absolute Gasteiger partial charge is 0.489 e. The van der Waals surface area contributed by atoms with Gasteiger partial charge in [-0.15, -0.1) is 0 Å². The molecule has 0 radical (unpaired) electrons. The van der Waals surface area contributed by atoms with E-state index in [1.807, 2.05) is 0 Å². The van der Waals surface area contributed by atoms with E-state index in [4.69, 9.17) is 9.47 Å². The molecule has 2 aromatic carbocycles. The first-order valence-electron chi connectivity index (χ1n) is 14.3. The van der Waals surface area contributed by atoms with Crippen molar-refractivity contribution < 1.29 is 9.47 Å². The van der Waals surface area contributed by atoms with E-state index in [9.17, 15) is 0 Å². The van der Waals surface area contributed by atoms with Gasteiger partial charge in [-0.05, 0) is 110 Å². The van der Waals surface area contributed by atoms with Gasteiger partial charge in [0.1, 0.15) is 23.7 Å². The van der Waals surface area contributed by atoms with Gasteiger partial charge in [-0.3, -0.25) is 0 Å². The van der Waals surface area contributed by atoms with E-state index in [1.54, 1.807) is 16.7 Å². The zero-order valence-electron chi connectivity index (χ0n) is 20.6. The average Bonchev–Trinajstić information content (AvgIpc) is 3.38. The van der Waals surface area contributed by atoms with Crippen molar-refractivity contribution in [3.05, 3.63) is 75.9 Å². The monoisotopic (exact) mass is 476 g/mol. The number of hydrogen-bond donors (Lipinski definition) is 2. The summed E-state index contributed by atoms with van der Waals surface area (Å²) in [6.07, 6.45) is 13.9. The third kappa shape index (κ3) is 2.04. The fourth-order valence-electron chi connectivity index (χ4n) is 10.3. The Morgan fingerprint density at radius 3 is 2.86 bits per heavy atom. The second kappa shape index (κ2) is 6.28. The first-order chi connectivity index (χ1) is 17.8. The van der Waals surface area contributed by atoms with Crippen LogP contribution in [0, 0.1) is 5.92 Å². The molecule has 182 valence electrons. The molecule has 7 atom stereocenters. The highest BCUT2D eigenvalue weighted by atomic mass is 16.5. The van der Waals surface area contributed by atoms with Crippen LogP contribution in [0.3, 0.4) is 0 Å². The van der Waals surface area contributed by atoms with Crippen LogP contribution in [0.1, 0.15) is 59.9 Å². The lowest BCUT2D eigenvalue weighted by Crippen LogP contribution is -2.63. The fraction of sp³-hybridized carbons (Fsp3) is 0.500. The number of ether oxygens (including phenoxy) is 2. The topological polar surface area (TPSA) is 42.5 Å². The van der Waals surface area contributed by atoms with Crippen LogP contribution in [0.25, 0.3) is 5.57 Å². The maximum atomic E-state index is 6.86. The highest BCUT2D eigenvalue weighted by Crippen LogP contribution is 2.62. The molecular weight excluding hydrogens is 444 g/mol. The lowest BCUT2D eigenvalue weighted by Gasteiger charge is -2.55. The smallest absolute Gasteiger partial charge is 0.131 e. The molecule has 2 saturated heterocycles. The summed E-state index contributed by atoms with van der Waals surface area (Å²) in [7, 11) is 0. The molecule has 4 nitrogen and oxygen atoms in total. The van der Waals surface area contributed by atoms with Gasteiger partial charge in [0, 0.05) is 28.6 Å². The van der Waals surface area contributed by atoms with Crippen molar-refractivity contribution in [2.75, 3.05) is 13.1 Å². The number of benzene rings is 2. The predicted molar refractivity (Wildman–Crippen MR) is 139 cm³/mol. The Labute approximate surface area is 212 Å². The zero-order chi connectivity index (χ0) is 23.2. The summed E-state index contributed by atoms with van der Waals surface area (Å²) >= 11 is 0. The predicted octanol–water partition coefficient (Wildman–Crippen LogP) is 4.34. The van der Waals surface area contributed by atoms with E-state index in [0.29, 0.717) is 18.2 Å². The Morgan fingerprint density at radius 2 is 1.86 bits per heavy atom. The van der Waals surface area contributed by atoms with Gasteiger partial charge in [0.25, 0.3) is 0 Å². The van der Waals surface area contributed by atoms with E-state index >= 15 is 0 Å². The van der Waals surface area contributed by atoms with Gasteiger partial charge in [-0.25, -0.2) is 0 Å². The van der Waals surface area contributed by atoms with Crippen molar-refractivity contribution in [1.82, 2.24) is 10.6 Å². The van der Waals surface area contributed by atoms with Crippen molar-refractivity contribution in [2.24, 2.45) is 5.92 Å². The Bertz CT molecular complexity index is 1440. The van der Waals surface area contributed by atoms with Gasteiger partial charge < -0.3 is 20.1 Å². The van der Waals surface area contributed by atoms with Crippen molar-refractivity contribution >= 4 is 5.57 Å². The van der Waals surface area contributed by atoms with Crippen LogP contribution in [0.5, 0.6) is 11.5 Å². The van der Waals surface area contributed by atoms with Gasteiger partial charge in [0.2, 0.25) is 0 Å². The van der Waals surface area contributed by atoms with Gasteiger partial charge in [0.15, 0.2) is 0 Å². The first-order valence-corrected chi connectivity index (χ1v) is 14.3. The quantitative estimate of drug-likeness (QED) is 0.643. The SMILES string of the molecule is C1=C(c2cc3c4c(c2)OC2CCCC5[C@@H](C3)NCC[C@]425)C=C2[C@H]3Cc4cccc5c4[C@@]2(CCN3)C1O5. The molecule has 0 amide bonds. The second-order valence-electron chi connectivity index (χ2n) is 12.7. The molecule has 4 heterocycles. The molecule has 3 fully saturated rings. The van der Waals surface area contributed by atoms with E-state index in [2.05, 4.69) is 53.1 Å². The highest BCUT2D eigenvalue weighted by molar-refractivity contribution is 5.82. The lowest BCUT2D eigenvalue weighted by atomic mass is 9.52. The number of hydrogen-bond acceptors (Lipinski definition) is 4. The van der Waals surface area contributed by atoms with Gasteiger partial charge in [-0.1, -0.05) is 24.3 Å². The number of piperidine rings is 2. The summed E-state index contributed by atoms with van der Waals surface area (Å²) < 4.78 is 13.6. The number of nitrogens with one attached hydrogen (secondary N) is 2. The molecule has 4 heteroatoms. The minimum absolute atomic E-state index is 0.0210.